The fourth-order valence-corrected chi connectivity index (χ4v) is 1.83. The molecule has 3 nitrogen and oxygen atoms in total. The molecule has 2 aromatic rings. The summed E-state index contributed by atoms with van der Waals surface area (Å²) in [4.78, 5) is 4.14. The molecule has 2 N–H and O–H groups in total. The number of nitrogens with zero attached hydrogens (tertiary/aromatic N) is 1. The standard InChI is InChI=1S/C11H10BrClN2O/c12-8-5-7(1-2-9(8)13)10-6-15-11(16-10)3-4-14/h1-2,5-6H,3-4,14H2. The lowest BCUT2D eigenvalue weighted by Crippen LogP contribution is -2.02. The second-order valence-corrected chi connectivity index (χ2v) is 4.55. The predicted octanol–water partition coefficient (Wildman–Crippen LogP) is 3.26. The van der Waals surface area contributed by atoms with Gasteiger partial charge in [0, 0.05) is 23.0 Å². The molecule has 16 heavy (non-hydrogen) atoms. The monoisotopic (exact) mass is 300 g/mol. The highest BCUT2D eigenvalue weighted by atomic mass is 79.9. The van der Waals surface area contributed by atoms with Gasteiger partial charge in [-0.15, -0.1) is 0 Å². The first-order chi connectivity index (χ1) is 7.70. The van der Waals surface area contributed by atoms with Crippen LogP contribution in [-0.2, 0) is 6.42 Å². The first-order valence-electron chi connectivity index (χ1n) is 4.81. The molecule has 0 aliphatic carbocycles. The van der Waals surface area contributed by atoms with Gasteiger partial charge in [0.1, 0.15) is 0 Å². The molecule has 0 saturated carbocycles. The molecule has 84 valence electrons. The Bertz CT molecular complexity index is 498. The zero-order chi connectivity index (χ0) is 11.5. The number of hydrogen-bond acceptors (Lipinski definition) is 3. The lowest BCUT2D eigenvalue weighted by Gasteiger charge is -1.99. The summed E-state index contributed by atoms with van der Waals surface area (Å²) in [6.07, 6.45) is 2.34. The number of aromatic nitrogens is 1. The zero-order valence-corrected chi connectivity index (χ0v) is 10.8. The van der Waals surface area contributed by atoms with Crippen LogP contribution in [0.2, 0.25) is 5.02 Å². The Kier molecular flexibility index (Phi) is 3.63. The summed E-state index contributed by atoms with van der Waals surface area (Å²) >= 11 is 9.28. The minimum atomic E-state index is 0.532. The number of oxazole rings is 1. The van der Waals surface area contributed by atoms with Gasteiger partial charge < -0.3 is 10.2 Å². The van der Waals surface area contributed by atoms with E-state index in [-0.39, 0.29) is 0 Å². The Morgan fingerprint density at radius 2 is 2.25 bits per heavy atom. The zero-order valence-electron chi connectivity index (χ0n) is 8.41. The Morgan fingerprint density at radius 1 is 1.44 bits per heavy atom. The van der Waals surface area contributed by atoms with E-state index in [9.17, 15) is 0 Å². The van der Waals surface area contributed by atoms with E-state index >= 15 is 0 Å². The summed E-state index contributed by atoms with van der Waals surface area (Å²) in [6, 6.07) is 5.60. The van der Waals surface area contributed by atoms with E-state index in [1.807, 2.05) is 18.2 Å². The molecule has 0 saturated heterocycles. The second kappa shape index (κ2) is 4.99. The molecule has 0 atom stereocenters. The summed E-state index contributed by atoms with van der Waals surface area (Å²) < 4.78 is 6.39. The van der Waals surface area contributed by atoms with Crippen LogP contribution in [0, 0.1) is 0 Å². The van der Waals surface area contributed by atoms with Crippen LogP contribution in [-0.4, -0.2) is 11.5 Å². The van der Waals surface area contributed by atoms with Gasteiger partial charge in [-0.05, 0) is 34.1 Å². The molecule has 1 aromatic heterocycles. The fourth-order valence-electron chi connectivity index (χ4n) is 1.33. The van der Waals surface area contributed by atoms with Gasteiger partial charge in [-0.1, -0.05) is 11.6 Å². The van der Waals surface area contributed by atoms with Crippen molar-refractivity contribution in [3.63, 3.8) is 0 Å². The third kappa shape index (κ3) is 2.45. The van der Waals surface area contributed by atoms with Crippen molar-refractivity contribution in [1.29, 1.82) is 0 Å². The van der Waals surface area contributed by atoms with E-state index in [0.717, 1.165) is 15.8 Å². The molecule has 0 spiro atoms. The van der Waals surface area contributed by atoms with E-state index in [2.05, 4.69) is 20.9 Å². The highest BCUT2D eigenvalue weighted by molar-refractivity contribution is 9.10. The van der Waals surface area contributed by atoms with Gasteiger partial charge in [0.25, 0.3) is 0 Å². The lowest BCUT2D eigenvalue weighted by atomic mass is 10.2. The molecule has 1 aromatic carbocycles. The molecule has 0 aliphatic rings. The van der Waals surface area contributed by atoms with E-state index < -0.39 is 0 Å². The number of benzene rings is 1. The summed E-state index contributed by atoms with van der Waals surface area (Å²) in [5.74, 6) is 1.38. The number of halogens is 2. The van der Waals surface area contributed by atoms with Gasteiger partial charge >= 0.3 is 0 Å². The average Bonchev–Trinajstić information content (AvgIpc) is 2.71. The van der Waals surface area contributed by atoms with Gasteiger partial charge in [-0.25, -0.2) is 4.98 Å². The first kappa shape index (κ1) is 11.6. The van der Waals surface area contributed by atoms with Gasteiger partial charge in [0.05, 0.1) is 11.2 Å². The predicted molar refractivity (Wildman–Crippen MR) is 67.4 cm³/mol. The maximum absolute atomic E-state index is 5.91. The number of nitrogens with two attached hydrogens (primary N) is 1. The Hall–Kier alpha value is -0.840. The van der Waals surface area contributed by atoms with E-state index in [4.69, 9.17) is 21.8 Å². The highest BCUT2D eigenvalue weighted by Gasteiger charge is 2.07. The first-order valence-corrected chi connectivity index (χ1v) is 5.98. The summed E-state index contributed by atoms with van der Waals surface area (Å²) in [6.45, 7) is 0.532. The van der Waals surface area contributed by atoms with Crippen molar-refractivity contribution in [2.24, 2.45) is 5.73 Å². The van der Waals surface area contributed by atoms with Crippen LogP contribution in [0.5, 0.6) is 0 Å². The van der Waals surface area contributed by atoms with Crippen molar-refractivity contribution in [2.75, 3.05) is 6.54 Å². The van der Waals surface area contributed by atoms with Crippen LogP contribution >= 0.6 is 27.5 Å². The van der Waals surface area contributed by atoms with E-state index in [0.29, 0.717) is 23.9 Å². The minimum absolute atomic E-state index is 0.532. The van der Waals surface area contributed by atoms with Crippen molar-refractivity contribution in [1.82, 2.24) is 4.98 Å². The molecule has 0 fully saturated rings. The second-order valence-electron chi connectivity index (χ2n) is 3.29. The third-order valence-corrected chi connectivity index (χ3v) is 3.33. The molecular formula is C11H10BrClN2O. The minimum Gasteiger partial charge on any atom is -0.441 e. The molecule has 5 heteroatoms. The molecule has 0 aliphatic heterocycles. The van der Waals surface area contributed by atoms with E-state index in [1.54, 1.807) is 6.20 Å². The quantitative estimate of drug-likeness (QED) is 0.946. The molecule has 0 amide bonds. The van der Waals surface area contributed by atoms with Crippen molar-refractivity contribution >= 4 is 27.5 Å². The van der Waals surface area contributed by atoms with Crippen LogP contribution in [0.3, 0.4) is 0 Å². The largest absolute Gasteiger partial charge is 0.441 e. The van der Waals surface area contributed by atoms with Crippen molar-refractivity contribution in [2.45, 2.75) is 6.42 Å². The SMILES string of the molecule is NCCc1ncc(-c2ccc(Cl)c(Br)c2)o1. The van der Waals surface area contributed by atoms with Gasteiger partial charge in [0.15, 0.2) is 11.7 Å². The van der Waals surface area contributed by atoms with Gasteiger partial charge in [-0.3, -0.25) is 0 Å². The highest BCUT2D eigenvalue weighted by Crippen LogP contribution is 2.29. The summed E-state index contributed by atoms with van der Waals surface area (Å²) in [7, 11) is 0. The van der Waals surface area contributed by atoms with Crippen LogP contribution < -0.4 is 5.73 Å². The van der Waals surface area contributed by atoms with Crippen LogP contribution in [0.15, 0.2) is 33.3 Å². The molecule has 0 radical (unpaired) electrons. The lowest BCUT2D eigenvalue weighted by molar-refractivity contribution is 0.508. The molecule has 2 rings (SSSR count). The number of rotatable bonds is 3. The topological polar surface area (TPSA) is 52.0 Å². The van der Waals surface area contributed by atoms with Crippen molar-refractivity contribution in [3.05, 3.63) is 39.8 Å². The molecule has 0 unspecified atom stereocenters. The Labute approximate surface area is 107 Å². The smallest absolute Gasteiger partial charge is 0.196 e. The molecular weight excluding hydrogens is 291 g/mol. The Balaban J connectivity index is 2.31. The van der Waals surface area contributed by atoms with Gasteiger partial charge in [-0.2, -0.15) is 0 Å². The van der Waals surface area contributed by atoms with Crippen LogP contribution in [0.4, 0.5) is 0 Å². The summed E-state index contributed by atoms with van der Waals surface area (Å²) in [5.41, 5.74) is 6.36. The Morgan fingerprint density at radius 3 is 2.94 bits per heavy atom. The normalized spacial score (nSPS) is 10.7. The van der Waals surface area contributed by atoms with Crippen LogP contribution in [0.1, 0.15) is 5.89 Å². The van der Waals surface area contributed by atoms with E-state index in [1.165, 1.54) is 0 Å². The molecule has 0 bridgehead atoms. The van der Waals surface area contributed by atoms with Crippen molar-refractivity contribution < 1.29 is 4.42 Å². The van der Waals surface area contributed by atoms with Crippen LogP contribution in [0.25, 0.3) is 11.3 Å². The average molecular weight is 302 g/mol. The fraction of sp³-hybridized carbons (Fsp3) is 0.182. The van der Waals surface area contributed by atoms with Gasteiger partial charge in [0.2, 0.25) is 0 Å². The number of hydrogen-bond donors (Lipinski definition) is 1. The van der Waals surface area contributed by atoms with Crippen molar-refractivity contribution in [3.8, 4) is 11.3 Å². The maximum Gasteiger partial charge on any atom is 0.196 e. The maximum atomic E-state index is 5.91. The third-order valence-electron chi connectivity index (χ3n) is 2.12. The molecule has 1 heterocycles. The summed E-state index contributed by atoms with van der Waals surface area (Å²) in [5, 5.41) is 0.672.